The summed E-state index contributed by atoms with van der Waals surface area (Å²) in [5.41, 5.74) is 3.70. The summed E-state index contributed by atoms with van der Waals surface area (Å²) in [5.74, 6) is 0.238. The van der Waals surface area contributed by atoms with Gasteiger partial charge < -0.3 is 15.0 Å². The van der Waals surface area contributed by atoms with Crippen LogP contribution in [0.5, 0.6) is 0 Å². The summed E-state index contributed by atoms with van der Waals surface area (Å²) < 4.78 is 5.66. The Bertz CT molecular complexity index is 840. The summed E-state index contributed by atoms with van der Waals surface area (Å²) in [6, 6.07) is 15.7. The van der Waals surface area contributed by atoms with Gasteiger partial charge in [-0.3, -0.25) is 10.1 Å². The minimum absolute atomic E-state index is 0.114. The van der Waals surface area contributed by atoms with Crippen molar-refractivity contribution in [3.05, 3.63) is 59.7 Å². The number of aliphatic imine (C=N–C) groups is 1. The first-order valence-electron chi connectivity index (χ1n) is 10.2. The zero-order chi connectivity index (χ0) is 20.6. The Morgan fingerprint density at radius 1 is 1.21 bits per heavy atom. The van der Waals surface area contributed by atoms with Gasteiger partial charge in [0.15, 0.2) is 0 Å². The highest BCUT2D eigenvalue weighted by molar-refractivity contribution is 6.10. The molecule has 1 unspecified atom stereocenters. The fourth-order valence-corrected chi connectivity index (χ4v) is 3.16. The quantitative estimate of drug-likeness (QED) is 0.579. The molecule has 0 saturated carbocycles. The molecule has 154 valence electrons. The molecule has 1 atom stereocenters. The molecule has 0 bridgehead atoms. The van der Waals surface area contributed by atoms with Gasteiger partial charge in [-0.05, 0) is 55.2 Å². The van der Waals surface area contributed by atoms with E-state index in [1.807, 2.05) is 49.3 Å². The molecular weight excluding hydrogens is 364 g/mol. The van der Waals surface area contributed by atoms with Crippen LogP contribution in [0.25, 0.3) is 0 Å². The largest absolute Gasteiger partial charge is 0.378 e. The second-order valence-electron chi connectivity index (χ2n) is 7.40. The Hall–Kier alpha value is -2.86. The summed E-state index contributed by atoms with van der Waals surface area (Å²) >= 11 is 0. The van der Waals surface area contributed by atoms with Crippen LogP contribution in [0.15, 0.2) is 53.5 Å². The van der Waals surface area contributed by atoms with Gasteiger partial charge in [-0.15, -0.1) is 0 Å². The van der Waals surface area contributed by atoms with E-state index in [1.54, 1.807) is 6.07 Å². The average molecular weight is 395 g/mol. The number of hydrogen-bond acceptors (Lipinski definition) is 4. The molecule has 1 heterocycles. The number of nitrogens with zero attached hydrogens (tertiary/aromatic N) is 2. The number of guanidine groups is 1. The van der Waals surface area contributed by atoms with Crippen molar-refractivity contribution in [2.75, 3.05) is 37.5 Å². The van der Waals surface area contributed by atoms with Crippen LogP contribution < -0.4 is 15.5 Å². The smallest absolute Gasteiger partial charge is 0.258 e. The lowest BCUT2D eigenvalue weighted by atomic mass is 10.1. The van der Waals surface area contributed by atoms with E-state index in [-0.39, 0.29) is 12.0 Å². The molecule has 1 fully saturated rings. The maximum absolute atomic E-state index is 12.8. The molecule has 0 radical (unpaired) electrons. The van der Waals surface area contributed by atoms with Gasteiger partial charge >= 0.3 is 0 Å². The van der Waals surface area contributed by atoms with E-state index in [0.29, 0.717) is 18.1 Å². The lowest BCUT2D eigenvalue weighted by Crippen LogP contribution is -2.36. The van der Waals surface area contributed by atoms with E-state index in [9.17, 15) is 4.79 Å². The number of hydrogen-bond donors (Lipinski definition) is 2. The second-order valence-corrected chi connectivity index (χ2v) is 7.40. The van der Waals surface area contributed by atoms with E-state index in [2.05, 4.69) is 34.7 Å². The van der Waals surface area contributed by atoms with Crippen LogP contribution in [0, 0.1) is 0 Å². The average Bonchev–Trinajstić information content (AvgIpc) is 3.26. The fourth-order valence-electron chi connectivity index (χ4n) is 3.16. The third-order valence-corrected chi connectivity index (χ3v) is 4.96. The first kappa shape index (κ1) is 20.9. The van der Waals surface area contributed by atoms with E-state index in [4.69, 9.17) is 4.74 Å². The van der Waals surface area contributed by atoms with Crippen LogP contribution in [0.4, 0.5) is 11.4 Å². The number of nitrogens with one attached hydrogen (secondary N) is 2. The molecule has 2 N–H and O–H groups in total. The van der Waals surface area contributed by atoms with E-state index in [1.165, 1.54) is 5.56 Å². The van der Waals surface area contributed by atoms with Crippen LogP contribution in [0.2, 0.25) is 0 Å². The molecule has 1 saturated heterocycles. The molecule has 0 aliphatic carbocycles. The van der Waals surface area contributed by atoms with Crippen LogP contribution >= 0.6 is 0 Å². The number of amides is 1. The van der Waals surface area contributed by atoms with Gasteiger partial charge in [0.05, 0.1) is 12.6 Å². The number of rotatable bonds is 6. The lowest BCUT2D eigenvalue weighted by Gasteiger charge is -2.15. The molecule has 2 aromatic carbocycles. The minimum Gasteiger partial charge on any atom is -0.378 e. The Balaban J connectivity index is 1.75. The minimum atomic E-state index is -0.197. The first-order valence-corrected chi connectivity index (χ1v) is 10.2. The predicted octanol–water partition coefficient (Wildman–Crippen LogP) is 3.69. The molecule has 6 nitrogen and oxygen atoms in total. The maximum Gasteiger partial charge on any atom is 0.258 e. The number of benzene rings is 2. The monoisotopic (exact) mass is 394 g/mol. The normalized spacial score (nSPS) is 16.5. The Labute approximate surface area is 173 Å². The molecular formula is C23H30N4O2. The topological polar surface area (TPSA) is 66.0 Å². The number of carbonyl (C=O) groups excluding carboxylic acids is 1. The van der Waals surface area contributed by atoms with Crippen LogP contribution in [-0.2, 0) is 11.2 Å². The SMILES string of the molecule is CCc1ccc(NC(=NCC2CCCO2)NC(=O)c2cccc(N(C)C)c2)cc1. The Morgan fingerprint density at radius 3 is 2.66 bits per heavy atom. The number of anilines is 2. The molecule has 2 aromatic rings. The standard InChI is InChI=1S/C23H30N4O2/c1-4-17-10-12-19(13-11-17)25-23(24-16-21-9-6-14-29-21)26-22(28)18-7-5-8-20(15-18)27(2)3/h5,7-8,10-13,15,21H,4,6,9,14,16H2,1-3H3,(H2,24,25,26,28). The van der Waals surface area contributed by atoms with Crippen LogP contribution in [-0.4, -0.2) is 45.2 Å². The van der Waals surface area contributed by atoms with Gasteiger partial charge in [-0.1, -0.05) is 25.1 Å². The molecule has 0 aromatic heterocycles. The van der Waals surface area contributed by atoms with Gasteiger partial charge in [-0.25, -0.2) is 4.99 Å². The van der Waals surface area contributed by atoms with Crippen LogP contribution in [0.1, 0.15) is 35.7 Å². The van der Waals surface area contributed by atoms with Gasteiger partial charge in [-0.2, -0.15) is 0 Å². The van der Waals surface area contributed by atoms with E-state index >= 15 is 0 Å². The third-order valence-electron chi connectivity index (χ3n) is 4.96. The first-order chi connectivity index (χ1) is 14.0. The van der Waals surface area contributed by atoms with Crippen molar-refractivity contribution in [1.29, 1.82) is 0 Å². The maximum atomic E-state index is 12.8. The Kier molecular flexibility index (Phi) is 7.25. The van der Waals surface area contributed by atoms with Crippen molar-refractivity contribution in [2.24, 2.45) is 4.99 Å². The summed E-state index contributed by atoms with van der Waals surface area (Å²) in [7, 11) is 3.90. The molecule has 1 aliphatic rings. The molecule has 1 amide bonds. The summed E-state index contributed by atoms with van der Waals surface area (Å²) in [6.45, 7) is 3.43. The van der Waals surface area contributed by atoms with Crippen molar-refractivity contribution in [3.8, 4) is 0 Å². The molecule has 6 heteroatoms. The van der Waals surface area contributed by atoms with Crippen LogP contribution in [0.3, 0.4) is 0 Å². The third kappa shape index (κ3) is 6.06. The van der Waals surface area contributed by atoms with Gasteiger partial charge in [0.2, 0.25) is 5.96 Å². The lowest BCUT2D eigenvalue weighted by molar-refractivity contribution is 0.0975. The summed E-state index contributed by atoms with van der Waals surface area (Å²) in [4.78, 5) is 19.4. The van der Waals surface area contributed by atoms with E-state index < -0.39 is 0 Å². The predicted molar refractivity (Wildman–Crippen MR) is 119 cm³/mol. The van der Waals surface area contributed by atoms with Gasteiger partial charge in [0, 0.05) is 37.6 Å². The zero-order valence-corrected chi connectivity index (χ0v) is 17.4. The summed E-state index contributed by atoms with van der Waals surface area (Å²) in [5, 5.41) is 6.17. The number of carbonyl (C=O) groups is 1. The highest BCUT2D eigenvalue weighted by Crippen LogP contribution is 2.15. The highest BCUT2D eigenvalue weighted by atomic mass is 16.5. The molecule has 0 spiro atoms. The highest BCUT2D eigenvalue weighted by Gasteiger charge is 2.16. The number of ether oxygens (including phenoxy) is 1. The van der Waals surface area contributed by atoms with Gasteiger partial charge in [0.25, 0.3) is 5.91 Å². The molecule has 1 aliphatic heterocycles. The van der Waals surface area contributed by atoms with Crippen molar-refractivity contribution >= 4 is 23.2 Å². The fraction of sp³-hybridized carbons (Fsp3) is 0.391. The van der Waals surface area contributed by atoms with Gasteiger partial charge in [0.1, 0.15) is 0 Å². The summed E-state index contributed by atoms with van der Waals surface area (Å²) in [6.07, 6.45) is 3.16. The second kappa shape index (κ2) is 10.1. The number of aryl methyl sites for hydroxylation is 1. The van der Waals surface area contributed by atoms with Crippen molar-refractivity contribution < 1.29 is 9.53 Å². The molecule has 29 heavy (non-hydrogen) atoms. The van der Waals surface area contributed by atoms with Crippen molar-refractivity contribution in [2.45, 2.75) is 32.3 Å². The molecule has 3 rings (SSSR count). The van der Waals surface area contributed by atoms with Crippen molar-refractivity contribution in [1.82, 2.24) is 5.32 Å². The Morgan fingerprint density at radius 2 is 2.00 bits per heavy atom. The van der Waals surface area contributed by atoms with E-state index in [0.717, 1.165) is 37.2 Å². The van der Waals surface area contributed by atoms with Crippen molar-refractivity contribution in [3.63, 3.8) is 0 Å². The zero-order valence-electron chi connectivity index (χ0n) is 17.4.